The van der Waals surface area contributed by atoms with Crippen molar-refractivity contribution in [2.45, 2.75) is 39.3 Å². The van der Waals surface area contributed by atoms with Crippen molar-refractivity contribution in [3.63, 3.8) is 0 Å². The van der Waals surface area contributed by atoms with Crippen LogP contribution >= 0.6 is 0 Å². The Hall–Kier alpha value is -2.95. The molecule has 0 N–H and O–H groups in total. The summed E-state index contributed by atoms with van der Waals surface area (Å²) in [6.45, 7) is 10.1. The molecule has 0 amide bonds. The molecule has 0 spiro atoms. The Morgan fingerprint density at radius 3 is 2.25 bits per heavy atom. The minimum Gasteiger partial charge on any atom is -0.361 e. The van der Waals surface area contributed by atoms with Crippen molar-refractivity contribution in [3.8, 4) is 0 Å². The van der Waals surface area contributed by atoms with E-state index in [-0.39, 0.29) is 5.78 Å². The van der Waals surface area contributed by atoms with Crippen LogP contribution in [0.1, 0.15) is 17.3 Å². The first-order valence-electron chi connectivity index (χ1n) is 11.3. The van der Waals surface area contributed by atoms with E-state index in [9.17, 15) is 4.79 Å². The number of benzene rings is 4. The second-order valence-electron chi connectivity index (χ2n) is 9.88. The van der Waals surface area contributed by atoms with Gasteiger partial charge in [-0.2, -0.15) is 0 Å². The molecule has 0 saturated carbocycles. The lowest BCUT2D eigenvalue weighted by Crippen LogP contribution is -2.22. The first kappa shape index (κ1) is 20.9. The van der Waals surface area contributed by atoms with E-state index in [0.717, 1.165) is 23.6 Å². The summed E-state index contributed by atoms with van der Waals surface area (Å²) in [6.07, 6.45) is 0. The normalized spacial score (nSPS) is 12.4. The van der Waals surface area contributed by atoms with Crippen molar-refractivity contribution in [1.29, 1.82) is 0 Å². The first-order chi connectivity index (χ1) is 15.3. The van der Waals surface area contributed by atoms with Gasteiger partial charge in [-0.1, -0.05) is 74.2 Å². The van der Waals surface area contributed by atoms with Crippen molar-refractivity contribution >= 4 is 57.2 Å². The molecule has 5 rings (SSSR count). The van der Waals surface area contributed by atoms with Crippen molar-refractivity contribution in [1.82, 2.24) is 4.57 Å². The number of rotatable bonds is 6. The highest BCUT2D eigenvalue weighted by molar-refractivity contribution is 6.76. The molecule has 0 aliphatic heterocycles. The zero-order valence-corrected chi connectivity index (χ0v) is 20.2. The van der Waals surface area contributed by atoms with E-state index in [1.54, 1.807) is 6.92 Å². The number of fused-ring (bicyclic) bond motifs is 8. The van der Waals surface area contributed by atoms with Crippen LogP contribution in [0.5, 0.6) is 0 Å². The van der Waals surface area contributed by atoms with Gasteiger partial charge in [-0.05, 0) is 41.3 Å². The molecular weight excluding hydrogens is 410 g/mol. The molecule has 1 heterocycles. The SMILES string of the molecule is CC(=O)c1ccc2c(c1)c1ccccc1c1c2c2ccccc2n1COCC[Si](C)(C)C. The molecule has 5 aromatic rings. The molecule has 1 aromatic heterocycles. The van der Waals surface area contributed by atoms with Crippen LogP contribution in [0.2, 0.25) is 25.7 Å². The van der Waals surface area contributed by atoms with Gasteiger partial charge in [0.1, 0.15) is 6.73 Å². The van der Waals surface area contributed by atoms with Crippen LogP contribution in [-0.2, 0) is 11.5 Å². The van der Waals surface area contributed by atoms with E-state index < -0.39 is 8.07 Å². The molecule has 0 atom stereocenters. The number of carbonyl (C=O) groups excluding carboxylic acids is 1. The number of ether oxygens (including phenoxy) is 1. The molecule has 0 saturated heterocycles. The summed E-state index contributed by atoms with van der Waals surface area (Å²) in [5, 5.41) is 7.13. The number of aromatic nitrogens is 1. The van der Waals surface area contributed by atoms with Crippen molar-refractivity contribution in [3.05, 3.63) is 72.3 Å². The summed E-state index contributed by atoms with van der Waals surface area (Å²) in [5.74, 6) is 0.0919. The minimum atomic E-state index is -1.14. The molecule has 0 fully saturated rings. The number of ketones is 1. The third kappa shape index (κ3) is 3.54. The largest absolute Gasteiger partial charge is 0.361 e. The highest BCUT2D eigenvalue weighted by Gasteiger charge is 2.19. The van der Waals surface area contributed by atoms with Gasteiger partial charge in [0, 0.05) is 36.4 Å². The summed E-state index contributed by atoms with van der Waals surface area (Å²) < 4.78 is 8.56. The second kappa shape index (κ2) is 7.87. The number of hydrogen-bond donors (Lipinski definition) is 0. The van der Waals surface area contributed by atoms with Crippen LogP contribution in [0, 0.1) is 0 Å². The van der Waals surface area contributed by atoms with Crippen LogP contribution < -0.4 is 0 Å². The Kier molecular flexibility index (Phi) is 5.15. The van der Waals surface area contributed by atoms with E-state index in [1.165, 1.54) is 38.0 Å². The molecular formula is C28H29NO2Si. The Morgan fingerprint density at radius 1 is 0.844 bits per heavy atom. The topological polar surface area (TPSA) is 31.2 Å². The molecule has 4 heteroatoms. The summed E-state index contributed by atoms with van der Waals surface area (Å²) in [7, 11) is -1.14. The van der Waals surface area contributed by atoms with Crippen LogP contribution in [0.15, 0.2) is 66.7 Å². The predicted molar refractivity (Wildman–Crippen MR) is 139 cm³/mol. The lowest BCUT2D eigenvalue weighted by atomic mass is 9.94. The Balaban J connectivity index is 1.82. The standard InChI is InChI=1S/C28H29NO2Si/c1-19(30)20-13-14-22-25(17-20)21-9-5-6-10-23(21)28-27(22)24-11-7-8-12-26(24)29(28)18-31-15-16-32(2,3)4/h5-14,17H,15-16,18H2,1-4H3. The van der Waals surface area contributed by atoms with Crippen LogP contribution in [0.3, 0.4) is 0 Å². The summed E-state index contributed by atoms with van der Waals surface area (Å²) in [5.41, 5.74) is 3.14. The van der Waals surface area contributed by atoms with Crippen molar-refractivity contribution < 1.29 is 9.53 Å². The first-order valence-corrected chi connectivity index (χ1v) is 15.0. The van der Waals surface area contributed by atoms with Gasteiger partial charge < -0.3 is 9.30 Å². The average Bonchev–Trinajstić information content (AvgIpc) is 3.10. The molecule has 0 unspecified atom stereocenters. The zero-order chi connectivity index (χ0) is 22.5. The maximum absolute atomic E-state index is 12.1. The van der Waals surface area contributed by atoms with Gasteiger partial charge >= 0.3 is 0 Å². The third-order valence-corrected chi connectivity index (χ3v) is 8.06. The van der Waals surface area contributed by atoms with Crippen molar-refractivity contribution in [2.24, 2.45) is 0 Å². The summed E-state index contributed by atoms with van der Waals surface area (Å²) in [6, 6.07) is 24.4. The maximum Gasteiger partial charge on any atom is 0.159 e. The van der Waals surface area contributed by atoms with Crippen LogP contribution in [0.25, 0.3) is 43.4 Å². The van der Waals surface area contributed by atoms with Gasteiger partial charge in [-0.25, -0.2) is 0 Å². The highest BCUT2D eigenvalue weighted by atomic mass is 28.3. The predicted octanol–water partition coefficient (Wildman–Crippen LogP) is 7.62. The Bertz CT molecular complexity index is 1490. The second-order valence-corrected chi connectivity index (χ2v) is 15.5. The number of hydrogen-bond acceptors (Lipinski definition) is 2. The van der Waals surface area contributed by atoms with E-state index in [4.69, 9.17) is 4.74 Å². The molecule has 3 nitrogen and oxygen atoms in total. The van der Waals surface area contributed by atoms with E-state index in [0.29, 0.717) is 6.73 Å². The molecule has 0 aliphatic carbocycles. The fraction of sp³-hybridized carbons (Fsp3) is 0.250. The van der Waals surface area contributed by atoms with Gasteiger partial charge in [0.05, 0.1) is 11.0 Å². The van der Waals surface area contributed by atoms with Crippen molar-refractivity contribution in [2.75, 3.05) is 6.61 Å². The fourth-order valence-electron chi connectivity index (χ4n) is 4.65. The number of nitrogens with zero attached hydrogens (tertiary/aromatic N) is 1. The lowest BCUT2D eigenvalue weighted by molar-refractivity contribution is 0.0930. The third-order valence-electron chi connectivity index (χ3n) is 6.36. The summed E-state index contributed by atoms with van der Waals surface area (Å²) in [4.78, 5) is 12.1. The number of carbonyl (C=O) groups is 1. The van der Waals surface area contributed by atoms with Gasteiger partial charge in [0.2, 0.25) is 0 Å². The zero-order valence-electron chi connectivity index (χ0n) is 19.2. The van der Waals surface area contributed by atoms with Gasteiger partial charge in [-0.3, -0.25) is 4.79 Å². The monoisotopic (exact) mass is 439 g/mol. The van der Waals surface area contributed by atoms with Crippen LogP contribution in [0.4, 0.5) is 0 Å². The molecule has 32 heavy (non-hydrogen) atoms. The highest BCUT2D eigenvalue weighted by Crippen LogP contribution is 2.41. The molecule has 4 aromatic carbocycles. The maximum atomic E-state index is 12.1. The molecule has 0 bridgehead atoms. The molecule has 162 valence electrons. The number of Topliss-reactive ketones (excluding diaryl/α,β-unsaturated/α-hetero) is 1. The Morgan fingerprint density at radius 2 is 1.53 bits per heavy atom. The summed E-state index contributed by atoms with van der Waals surface area (Å²) >= 11 is 0. The van der Waals surface area contributed by atoms with Crippen LogP contribution in [-0.4, -0.2) is 25.0 Å². The average molecular weight is 440 g/mol. The molecule has 0 radical (unpaired) electrons. The quantitative estimate of drug-likeness (QED) is 0.118. The fourth-order valence-corrected chi connectivity index (χ4v) is 5.41. The number of para-hydroxylation sites is 1. The van der Waals surface area contributed by atoms with E-state index in [2.05, 4.69) is 84.9 Å². The van der Waals surface area contributed by atoms with Gasteiger partial charge in [0.25, 0.3) is 0 Å². The van der Waals surface area contributed by atoms with E-state index in [1.807, 2.05) is 6.07 Å². The van der Waals surface area contributed by atoms with E-state index >= 15 is 0 Å². The molecule has 0 aliphatic rings. The Labute approximate surface area is 189 Å². The van der Waals surface area contributed by atoms with Gasteiger partial charge in [-0.15, -0.1) is 0 Å². The lowest BCUT2D eigenvalue weighted by Gasteiger charge is -2.17. The minimum absolute atomic E-state index is 0.0919. The smallest absolute Gasteiger partial charge is 0.159 e. The van der Waals surface area contributed by atoms with Gasteiger partial charge in [0.15, 0.2) is 5.78 Å².